The van der Waals surface area contributed by atoms with Gasteiger partial charge >= 0.3 is 0 Å². The summed E-state index contributed by atoms with van der Waals surface area (Å²) in [6.07, 6.45) is 0.856. The highest BCUT2D eigenvalue weighted by molar-refractivity contribution is 5.91. The van der Waals surface area contributed by atoms with Crippen molar-refractivity contribution in [3.05, 3.63) is 29.6 Å². The predicted molar refractivity (Wildman–Crippen MR) is 63.0 cm³/mol. The Morgan fingerprint density at radius 3 is 2.40 bits per heavy atom. The van der Waals surface area contributed by atoms with E-state index in [4.69, 9.17) is 0 Å². The summed E-state index contributed by atoms with van der Waals surface area (Å²) in [6.45, 7) is 6.02. The molecule has 0 atom stereocenters. The Labute approximate surface area is 92.1 Å². The number of rotatable bonds is 2. The van der Waals surface area contributed by atoms with Crippen molar-refractivity contribution >= 4 is 5.91 Å². The van der Waals surface area contributed by atoms with Crippen molar-refractivity contribution in [1.29, 1.82) is 0 Å². The van der Waals surface area contributed by atoms with Gasteiger partial charge in [-0.05, 0) is 18.6 Å². The Balaban J connectivity index is 0.000000921. The molecule has 1 amide bonds. The summed E-state index contributed by atoms with van der Waals surface area (Å²) >= 11 is 0. The molecule has 0 aliphatic rings. The van der Waals surface area contributed by atoms with E-state index in [2.05, 4.69) is 4.98 Å². The first kappa shape index (κ1) is 13.6. The van der Waals surface area contributed by atoms with Gasteiger partial charge in [-0.25, -0.2) is 4.98 Å². The Hall–Kier alpha value is -1.38. The van der Waals surface area contributed by atoms with E-state index in [1.165, 1.54) is 4.90 Å². The molecule has 0 aliphatic carbocycles. The van der Waals surface area contributed by atoms with E-state index in [1.54, 1.807) is 20.2 Å². The number of hydrogen-bond donors (Lipinski definition) is 0. The molecular formula is C12H20N2O. The second-order valence-corrected chi connectivity index (χ2v) is 3.07. The third-order valence-corrected chi connectivity index (χ3v) is 1.79. The van der Waals surface area contributed by atoms with Crippen LogP contribution in [0.2, 0.25) is 0 Å². The van der Waals surface area contributed by atoms with Crippen LogP contribution in [0.1, 0.15) is 37.0 Å². The zero-order chi connectivity index (χ0) is 11.8. The average molecular weight is 208 g/mol. The monoisotopic (exact) mass is 208 g/mol. The molecule has 0 aromatic carbocycles. The lowest BCUT2D eigenvalue weighted by molar-refractivity contribution is 0.0821. The average Bonchev–Trinajstić information content (AvgIpc) is 2.30. The number of hydrogen-bond acceptors (Lipinski definition) is 2. The Morgan fingerprint density at radius 1 is 1.33 bits per heavy atom. The summed E-state index contributed by atoms with van der Waals surface area (Å²) in [7, 11) is 3.45. The van der Waals surface area contributed by atoms with Crippen molar-refractivity contribution in [2.75, 3.05) is 14.1 Å². The molecule has 0 radical (unpaired) electrons. The van der Waals surface area contributed by atoms with E-state index >= 15 is 0 Å². The van der Waals surface area contributed by atoms with Gasteiger partial charge in [0.2, 0.25) is 0 Å². The van der Waals surface area contributed by atoms with Gasteiger partial charge in [-0.1, -0.05) is 26.8 Å². The van der Waals surface area contributed by atoms with Gasteiger partial charge in [0.15, 0.2) is 0 Å². The second kappa shape index (κ2) is 6.98. The van der Waals surface area contributed by atoms with Crippen LogP contribution < -0.4 is 0 Å². The lowest BCUT2D eigenvalue weighted by Crippen LogP contribution is -2.22. The Morgan fingerprint density at radius 2 is 1.93 bits per heavy atom. The smallest absolute Gasteiger partial charge is 0.271 e. The Kier molecular flexibility index (Phi) is 6.34. The molecule has 1 aromatic heterocycles. The maximum atomic E-state index is 11.5. The van der Waals surface area contributed by atoms with E-state index in [0.29, 0.717) is 5.69 Å². The molecule has 3 heteroatoms. The molecule has 0 bridgehead atoms. The normalized spacial score (nSPS) is 8.87. The van der Waals surface area contributed by atoms with Gasteiger partial charge in [-0.2, -0.15) is 0 Å². The highest BCUT2D eigenvalue weighted by Gasteiger charge is 2.08. The van der Waals surface area contributed by atoms with Crippen LogP contribution in [0.3, 0.4) is 0 Å². The molecular weight excluding hydrogens is 188 g/mol. The fraction of sp³-hybridized carbons (Fsp3) is 0.500. The van der Waals surface area contributed by atoms with E-state index in [9.17, 15) is 4.79 Å². The first-order chi connectivity index (χ1) is 7.15. The predicted octanol–water partition coefficient (Wildman–Crippen LogP) is 2.37. The number of pyridine rings is 1. The fourth-order valence-electron chi connectivity index (χ4n) is 1.02. The van der Waals surface area contributed by atoms with Gasteiger partial charge in [0.1, 0.15) is 5.69 Å². The molecule has 84 valence electrons. The number of nitrogens with zero attached hydrogens (tertiary/aromatic N) is 2. The first-order valence-electron chi connectivity index (χ1n) is 5.32. The van der Waals surface area contributed by atoms with Gasteiger partial charge in [0, 0.05) is 19.8 Å². The van der Waals surface area contributed by atoms with Crippen molar-refractivity contribution in [1.82, 2.24) is 9.88 Å². The largest absolute Gasteiger partial charge is 0.343 e. The van der Waals surface area contributed by atoms with Crippen LogP contribution in [0, 0.1) is 0 Å². The number of carbonyl (C=O) groups is 1. The summed E-state index contributed by atoms with van der Waals surface area (Å²) in [5, 5.41) is 0. The van der Waals surface area contributed by atoms with Crippen LogP contribution in [-0.4, -0.2) is 29.9 Å². The van der Waals surface area contributed by atoms with Gasteiger partial charge in [0.05, 0.1) is 0 Å². The van der Waals surface area contributed by atoms with Crippen molar-refractivity contribution < 1.29 is 4.79 Å². The van der Waals surface area contributed by atoms with E-state index in [-0.39, 0.29) is 5.91 Å². The summed E-state index contributed by atoms with van der Waals surface area (Å²) < 4.78 is 0. The number of aryl methyl sites for hydroxylation is 1. The SMILES string of the molecule is CC.CCc1cccc(C(=O)N(C)C)n1. The van der Waals surface area contributed by atoms with E-state index < -0.39 is 0 Å². The molecule has 1 aromatic rings. The summed E-state index contributed by atoms with van der Waals surface area (Å²) in [6, 6.07) is 5.52. The number of amides is 1. The standard InChI is InChI=1S/C10H14N2O.C2H6/c1-4-8-6-5-7-9(11-8)10(13)12(2)3;1-2/h5-7H,4H2,1-3H3;1-2H3. The summed E-state index contributed by atoms with van der Waals surface area (Å²) in [5.41, 5.74) is 1.47. The fourth-order valence-corrected chi connectivity index (χ4v) is 1.02. The van der Waals surface area contributed by atoms with Crippen molar-refractivity contribution in [2.24, 2.45) is 0 Å². The molecule has 0 spiro atoms. The van der Waals surface area contributed by atoms with E-state index in [0.717, 1.165) is 12.1 Å². The summed E-state index contributed by atoms with van der Waals surface area (Å²) in [4.78, 5) is 17.2. The number of aromatic nitrogens is 1. The molecule has 0 aliphatic heterocycles. The molecule has 0 fully saturated rings. The second-order valence-electron chi connectivity index (χ2n) is 3.07. The third kappa shape index (κ3) is 4.11. The van der Waals surface area contributed by atoms with Gasteiger partial charge < -0.3 is 4.90 Å². The van der Waals surface area contributed by atoms with Crippen LogP contribution >= 0.6 is 0 Å². The van der Waals surface area contributed by atoms with Crippen LogP contribution in [0.4, 0.5) is 0 Å². The van der Waals surface area contributed by atoms with Crippen molar-refractivity contribution in [3.8, 4) is 0 Å². The maximum Gasteiger partial charge on any atom is 0.271 e. The maximum absolute atomic E-state index is 11.5. The molecule has 0 N–H and O–H groups in total. The summed E-state index contributed by atoms with van der Waals surface area (Å²) in [5.74, 6) is -0.0460. The highest BCUT2D eigenvalue weighted by Crippen LogP contribution is 2.02. The molecule has 0 saturated carbocycles. The molecule has 15 heavy (non-hydrogen) atoms. The minimum Gasteiger partial charge on any atom is -0.343 e. The topological polar surface area (TPSA) is 33.2 Å². The molecule has 3 nitrogen and oxygen atoms in total. The number of carbonyl (C=O) groups excluding carboxylic acids is 1. The molecule has 1 heterocycles. The van der Waals surface area contributed by atoms with Crippen LogP contribution in [0.5, 0.6) is 0 Å². The van der Waals surface area contributed by atoms with Crippen LogP contribution in [-0.2, 0) is 6.42 Å². The minimum atomic E-state index is -0.0460. The highest BCUT2D eigenvalue weighted by atomic mass is 16.2. The molecule has 0 unspecified atom stereocenters. The van der Waals surface area contributed by atoms with Crippen LogP contribution in [0.15, 0.2) is 18.2 Å². The lowest BCUT2D eigenvalue weighted by Gasteiger charge is -2.09. The first-order valence-corrected chi connectivity index (χ1v) is 5.32. The Bertz CT molecular complexity index is 308. The minimum absolute atomic E-state index is 0.0460. The zero-order valence-electron chi connectivity index (χ0n) is 10.2. The van der Waals surface area contributed by atoms with E-state index in [1.807, 2.05) is 32.9 Å². The molecule has 0 saturated heterocycles. The van der Waals surface area contributed by atoms with Gasteiger partial charge in [-0.3, -0.25) is 4.79 Å². The van der Waals surface area contributed by atoms with Crippen molar-refractivity contribution in [3.63, 3.8) is 0 Å². The zero-order valence-corrected chi connectivity index (χ0v) is 10.2. The quantitative estimate of drug-likeness (QED) is 0.747. The van der Waals surface area contributed by atoms with Crippen molar-refractivity contribution in [2.45, 2.75) is 27.2 Å². The van der Waals surface area contributed by atoms with Gasteiger partial charge in [0.25, 0.3) is 5.91 Å². The third-order valence-electron chi connectivity index (χ3n) is 1.79. The lowest BCUT2D eigenvalue weighted by atomic mass is 10.2. The van der Waals surface area contributed by atoms with Gasteiger partial charge in [-0.15, -0.1) is 0 Å². The van der Waals surface area contributed by atoms with Crippen LogP contribution in [0.25, 0.3) is 0 Å². The molecule has 1 rings (SSSR count).